The van der Waals surface area contributed by atoms with Gasteiger partial charge in [-0.3, -0.25) is 9.69 Å². The molecule has 2 saturated heterocycles. The summed E-state index contributed by atoms with van der Waals surface area (Å²) in [7, 11) is 0. The highest BCUT2D eigenvalue weighted by molar-refractivity contribution is 5.73. The highest BCUT2D eigenvalue weighted by atomic mass is 16.2. The van der Waals surface area contributed by atoms with Crippen LogP contribution in [0.1, 0.15) is 32.3 Å². The molecule has 0 aromatic heterocycles. The summed E-state index contributed by atoms with van der Waals surface area (Å²) < 4.78 is 0. The van der Waals surface area contributed by atoms with Crippen LogP contribution in [-0.4, -0.2) is 60.5 Å². The Balaban J connectivity index is 1.59. The Kier molecular flexibility index (Phi) is 4.90. The number of rotatable bonds is 2. The SMILES string of the molecule is CC(=O)N1CCC(N2CCN(c3ccccc3C)C[C@H]2C)CC1. The van der Waals surface area contributed by atoms with Gasteiger partial charge in [-0.25, -0.2) is 0 Å². The summed E-state index contributed by atoms with van der Waals surface area (Å²) in [4.78, 5) is 18.7. The Morgan fingerprint density at radius 1 is 1.09 bits per heavy atom. The predicted molar refractivity (Wildman–Crippen MR) is 94.8 cm³/mol. The maximum atomic E-state index is 11.5. The molecule has 0 radical (unpaired) electrons. The summed E-state index contributed by atoms with van der Waals surface area (Å²) in [6.07, 6.45) is 2.24. The molecule has 4 heteroatoms. The number of hydrogen-bond donors (Lipinski definition) is 0. The van der Waals surface area contributed by atoms with Crippen LogP contribution in [0.15, 0.2) is 24.3 Å². The summed E-state index contributed by atoms with van der Waals surface area (Å²) in [6.45, 7) is 11.4. The fourth-order valence-corrected chi connectivity index (χ4v) is 4.16. The number of carbonyl (C=O) groups is 1. The number of piperazine rings is 1. The molecule has 2 aliphatic rings. The van der Waals surface area contributed by atoms with Crippen molar-refractivity contribution in [3.05, 3.63) is 29.8 Å². The quantitative estimate of drug-likeness (QED) is 0.839. The van der Waals surface area contributed by atoms with E-state index < -0.39 is 0 Å². The molecule has 0 bridgehead atoms. The number of aryl methyl sites for hydroxylation is 1. The number of para-hydroxylation sites is 1. The van der Waals surface area contributed by atoms with E-state index in [1.165, 1.54) is 11.3 Å². The molecule has 0 saturated carbocycles. The van der Waals surface area contributed by atoms with Gasteiger partial charge in [0.05, 0.1) is 0 Å². The van der Waals surface area contributed by atoms with Crippen LogP contribution < -0.4 is 4.90 Å². The van der Waals surface area contributed by atoms with Crippen LogP contribution in [0.5, 0.6) is 0 Å². The highest BCUT2D eigenvalue weighted by Crippen LogP contribution is 2.26. The minimum absolute atomic E-state index is 0.223. The highest BCUT2D eigenvalue weighted by Gasteiger charge is 2.32. The summed E-state index contributed by atoms with van der Waals surface area (Å²) >= 11 is 0. The van der Waals surface area contributed by atoms with Crippen molar-refractivity contribution in [2.45, 2.75) is 45.7 Å². The third kappa shape index (κ3) is 3.52. The summed E-state index contributed by atoms with van der Waals surface area (Å²) in [5, 5.41) is 0. The minimum Gasteiger partial charge on any atom is -0.368 e. The topological polar surface area (TPSA) is 26.8 Å². The Bertz CT molecular complexity index is 551. The van der Waals surface area contributed by atoms with Crippen LogP contribution in [0, 0.1) is 6.92 Å². The van der Waals surface area contributed by atoms with Crippen LogP contribution in [0.25, 0.3) is 0 Å². The normalized spacial score (nSPS) is 24.0. The second kappa shape index (κ2) is 6.91. The molecule has 1 aromatic carbocycles. The fourth-order valence-electron chi connectivity index (χ4n) is 4.16. The fraction of sp³-hybridized carbons (Fsp3) is 0.632. The van der Waals surface area contributed by atoms with Gasteiger partial charge in [-0.1, -0.05) is 18.2 Å². The first kappa shape index (κ1) is 16.3. The summed E-state index contributed by atoms with van der Waals surface area (Å²) in [5.41, 5.74) is 2.74. The van der Waals surface area contributed by atoms with Crippen LogP contribution >= 0.6 is 0 Å². The second-order valence-corrected chi connectivity index (χ2v) is 7.06. The van der Waals surface area contributed by atoms with Crippen LogP contribution in [0.4, 0.5) is 5.69 Å². The van der Waals surface area contributed by atoms with E-state index in [1.54, 1.807) is 6.92 Å². The molecular weight excluding hydrogens is 286 g/mol. The maximum Gasteiger partial charge on any atom is 0.219 e. The van der Waals surface area contributed by atoms with Crippen molar-refractivity contribution in [1.82, 2.24) is 9.80 Å². The van der Waals surface area contributed by atoms with E-state index in [1.807, 2.05) is 4.90 Å². The van der Waals surface area contributed by atoms with Crippen molar-refractivity contribution in [3.8, 4) is 0 Å². The lowest BCUT2D eigenvalue weighted by Gasteiger charge is -2.47. The first-order valence-corrected chi connectivity index (χ1v) is 8.88. The Morgan fingerprint density at radius 3 is 2.39 bits per heavy atom. The lowest BCUT2D eigenvalue weighted by molar-refractivity contribution is -0.130. The lowest BCUT2D eigenvalue weighted by atomic mass is 9.99. The molecule has 0 spiro atoms. The number of carbonyl (C=O) groups excluding carboxylic acids is 1. The molecule has 0 N–H and O–H groups in total. The standard InChI is InChI=1S/C19H29N3O/c1-15-6-4-5-7-19(15)21-12-13-22(16(2)14-21)18-8-10-20(11-9-18)17(3)23/h4-7,16,18H,8-14H2,1-3H3/t16-/m1/s1. The molecule has 1 amide bonds. The second-order valence-electron chi connectivity index (χ2n) is 7.06. The van der Waals surface area contributed by atoms with Gasteiger partial charge in [0.25, 0.3) is 0 Å². The molecule has 126 valence electrons. The van der Waals surface area contributed by atoms with Gasteiger partial charge in [-0.15, -0.1) is 0 Å². The molecule has 2 fully saturated rings. The Hall–Kier alpha value is -1.55. The smallest absolute Gasteiger partial charge is 0.219 e. The summed E-state index contributed by atoms with van der Waals surface area (Å²) in [6, 6.07) is 9.89. The van der Waals surface area contributed by atoms with E-state index in [2.05, 4.69) is 47.9 Å². The van der Waals surface area contributed by atoms with E-state index >= 15 is 0 Å². The molecule has 3 rings (SSSR count). The van der Waals surface area contributed by atoms with E-state index in [4.69, 9.17) is 0 Å². The van der Waals surface area contributed by atoms with Gasteiger partial charge in [-0.2, -0.15) is 0 Å². The molecule has 4 nitrogen and oxygen atoms in total. The number of benzene rings is 1. The first-order chi connectivity index (χ1) is 11.1. The molecule has 0 unspecified atom stereocenters. The van der Waals surface area contributed by atoms with E-state index in [0.717, 1.165) is 45.6 Å². The molecule has 23 heavy (non-hydrogen) atoms. The number of hydrogen-bond acceptors (Lipinski definition) is 3. The molecule has 2 heterocycles. The predicted octanol–water partition coefficient (Wildman–Crippen LogP) is 2.52. The van der Waals surface area contributed by atoms with Crippen molar-refractivity contribution in [1.29, 1.82) is 0 Å². The van der Waals surface area contributed by atoms with E-state index in [9.17, 15) is 4.79 Å². The third-order valence-corrected chi connectivity index (χ3v) is 5.51. The van der Waals surface area contributed by atoms with Gasteiger partial charge in [0.1, 0.15) is 0 Å². The minimum atomic E-state index is 0.223. The van der Waals surface area contributed by atoms with Crippen molar-refractivity contribution >= 4 is 11.6 Å². The average Bonchev–Trinajstić information content (AvgIpc) is 2.55. The molecule has 1 aromatic rings. The van der Waals surface area contributed by atoms with Crippen LogP contribution in [-0.2, 0) is 4.79 Å². The van der Waals surface area contributed by atoms with Crippen LogP contribution in [0.2, 0.25) is 0 Å². The van der Waals surface area contributed by atoms with E-state index in [0.29, 0.717) is 12.1 Å². The van der Waals surface area contributed by atoms with Crippen molar-refractivity contribution in [2.24, 2.45) is 0 Å². The van der Waals surface area contributed by atoms with Gasteiger partial charge in [0.2, 0.25) is 5.91 Å². The van der Waals surface area contributed by atoms with Gasteiger partial charge in [-0.05, 0) is 38.3 Å². The average molecular weight is 315 g/mol. The van der Waals surface area contributed by atoms with Crippen molar-refractivity contribution in [3.63, 3.8) is 0 Å². The zero-order valence-corrected chi connectivity index (χ0v) is 14.7. The molecule has 2 aliphatic heterocycles. The Labute approximate surface area is 140 Å². The summed E-state index contributed by atoms with van der Waals surface area (Å²) in [5.74, 6) is 0.223. The maximum absolute atomic E-state index is 11.5. The van der Waals surface area contributed by atoms with Gasteiger partial charge < -0.3 is 9.80 Å². The number of anilines is 1. The molecule has 0 aliphatic carbocycles. The zero-order chi connectivity index (χ0) is 16.4. The number of piperidine rings is 1. The van der Waals surface area contributed by atoms with Crippen molar-refractivity contribution < 1.29 is 4.79 Å². The third-order valence-electron chi connectivity index (χ3n) is 5.51. The monoisotopic (exact) mass is 315 g/mol. The van der Waals surface area contributed by atoms with E-state index in [-0.39, 0.29) is 5.91 Å². The molecule has 1 atom stereocenters. The van der Waals surface area contributed by atoms with Crippen LogP contribution in [0.3, 0.4) is 0 Å². The number of nitrogens with zero attached hydrogens (tertiary/aromatic N) is 3. The first-order valence-electron chi connectivity index (χ1n) is 8.88. The zero-order valence-electron chi connectivity index (χ0n) is 14.7. The largest absolute Gasteiger partial charge is 0.368 e. The van der Waals surface area contributed by atoms with Gasteiger partial charge >= 0.3 is 0 Å². The van der Waals surface area contributed by atoms with Gasteiger partial charge in [0.15, 0.2) is 0 Å². The number of amides is 1. The molecular formula is C19H29N3O. The van der Waals surface area contributed by atoms with Crippen molar-refractivity contribution in [2.75, 3.05) is 37.6 Å². The number of likely N-dealkylation sites (tertiary alicyclic amines) is 1. The Morgan fingerprint density at radius 2 is 1.78 bits per heavy atom. The lowest BCUT2D eigenvalue weighted by Crippen LogP contribution is -2.57. The van der Waals surface area contributed by atoms with Gasteiger partial charge in [0, 0.05) is 57.4 Å².